The van der Waals surface area contributed by atoms with Gasteiger partial charge in [0.1, 0.15) is 5.88 Å². The summed E-state index contributed by atoms with van der Waals surface area (Å²) < 4.78 is 0. The maximum atomic E-state index is 11.1. The van der Waals surface area contributed by atoms with E-state index >= 15 is 0 Å². The van der Waals surface area contributed by atoms with Gasteiger partial charge in [-0.2, -0.15) is 5.10 Å². The summed E-state index contributed by atoms with van der Waals surface area (Å²) in [6.07, 6.45) is 1.75. The number of carbonyl (C=O) groups is 1. The zero-order chi connectivity index (χ0) is 10.8. The van der Waals surface area contributed by atoms with Crippen LogP contribution >= 0.6 is 11.6 Å². The molecule has 0 bridgehead atoms. The Morgan fingerprint density at radius 3 is 3.13 bits per heavy atom. The Balaban J connectivity index is 2.41. The summed E-state index contributed by atoms with van der Waals surface area (Å²) in [4.78, 5) is 11.1. The summed E-state index contributed by atoms with van der Waals surface area (Å²) in [7, 11) is 0. The van der Waals surface area contributed by atoms with Crippen LogP contribution in [-0.2, 0) is 4.79 Å². The van der Waals surface area contributed by atoms with Crippen molar-refractivity contribution < 1.29 is 4.79 Å². The number of amides is 1. The monoisotopic (exact) mass is 223 g/mol. The van der Waals surface area contributed by atoms with E-state index in [0.29, 0.717) is 0 Å². The number of carbonyl (C=O) groups excluding carboxylic acids is 1. The lowest BCUT2D eigenvalue weighted by atomic mass is 10.1. The zero-order valence-corrected chi connectivity index (χ0v) is 8.93. The third-order valence-corrected chi connectivity index (χ3v) is 2.42. The SMILES string of the molecule is Cc1cc2cn[nH]c2cc1NC(=O)CCl. The minimum Gasteiger partial charge on any atom is -0.325 e. The average Bonchev–Trinajstić information content (AvgIpc) is 2.65. The van der Waals surface area contributed by atoms with Gasteiger partial charge in [-0.1, -0.05) is 0 Å². The molecule has 0 saturated carbocycles. The lowest BCUT2D eigenvalue weighted by Crippen LogP contribution is -2.13. The van der Waals surface area contributed by atoms with E-state index in [-0.39, 0.29) is 11.8 Å². The van der Waals surface area contributed by atoms with E-state index in [1.54, 1.807) is 6.20 Å². The smallest absolute Gasteiger partial charge is 0.239 e. The van der Waals surface area contributed by atoms with Crippen molar-refractivity contribution in [2.45, 2.75) is 6.92 Å². The largest absolute Gasteiger partial charge is 0.325 e. The Morgan fingerprint density at radius 2 is 2.40 bits per heavy atom. The van der Waals surface area contributed by atoms with Crippen LogP contribution in [0.2, 0.25) is 0 Å². The van der Waals surface area contributed by atoms with E-state index in [4.69, 9.17) is 11.6 Å². The molecule has 1 heterocycles. The molecular formula is C10H10ClN3O. The van der Waals surface area contributed by atoms with Crippen LogP contribution < -0.4 is 5.32 Å². The quantitative estimate of drug-likeness (QED) is 0.766. The highest BCUT2D eigenvalue weighted by Crippen LogP contribution is 2.21. The van der Waals surface area contributed by atoms with Gasteiger partial charge in [-0.25, -0.2) is 0 Å². The van der Waals surface area contributed by atoms with Gasteiger partial charge in [0.15, 0.2) is 0 Å². The molecule has 2 N–H and O–H groups in total. The van der Waals surface area contributed by atoms with Crippen LogP contribution in [0.15, 0.2) is 18.3 Å². The van der Waals surface area contributed by atoms with Crippen LogP contribution in [0.3, 0.4) is 0 Å². The summed E-state index contributed by atoms with van der Waals surface area (Å²) in [6, 6.07) is 3.81. The van der Waals surface area contributed by atoms with E-state index in [2.05, 4.69) is 15.5 Å². The topological polar surface area (TPSA) is 57.8 Å². The van der Waals surface area contributed by atoms with Crippen molar-refractivity contribution >= 4 is 34.1 Å². The maximum Gasteiger partial charge on any atom is 0.239 e. The van der Waals surface area contributed by atoms with E-state index in [1.807, 2.05) is 19.1 Å². The van der Waals surface area contributed by atoms with Gasteiger partial charge in [-0.05, 0) is 24.6 Å². The molecule has 0 fully saturated rings. The molecule has 0 radical (unpaired) electrons. The van der Waals surface area contributed by atoms with Crippen LogP contribution in [0.5, 0.6) is 0 Å². The molecule has 4 nitrogen and oxygen atoms in total. The number of H-pyrrole nitrogens is 1. The van der Waals surface area contributed by atoms with Crippen molar-refractivity contribution in [1.82, 2.24) is 10.2 Å². The number of anilines is 1. The number of benzene rings is 1. The fourth-order valence-electron chi connectivity index (χ4n) is 1.42. The Hall–Kier alpha value is -1.55. The highest BCUT2D eigenvalue weighted by atomic mass is 35.5. The zero-order valence-electron chi connectivity index (χ0n) is 8.17. The minimum atomic E-state index is -0.210. The molecule has 0 spiro atoms. The number of alkyl halides is 1. The highest BCUT2D eigenvalue weighted by Gasteiger charge is 2.05. The van der Waals surface area contributed by atoms with Crippen LogP contribution in [0.25, 0.3) is 10.9 Å². The first kappa shape index (κ1) is 9.98. The van der Waals surface area contributed by atoms with Gasteiger partial charge in [0.2, 0.25) is 5.91 Å². The molecule has 0 atom stereocenters. The van der Waals surface area contributed by atoms with Gasteiger partial charge >= 0.3 is 0 Å². The normalized spacial score (nSPS) is 10.5. The fraction of sp³-hybridized carbons (Fsp3) is 0.200. The van der Waals surface area contributed by atoms with E-state index < -0.39 is 0 Å². The first-order valence-electron chi connectivity index (χ1n) is 4.50. The van der Waals surface area contributed by atoms with E-state index in [0.717, 1.165) is 22.2 Å². The number of aromatic nitrogens is 2. The molecule has 0 aliphatic carbocycles. The Morgan fingerprint density at radius 1 is 1.60 bits per heavy atom. The number of hydrogen-bond donors (Lipinski definition) is 2. The predicted octanol–water partition coefficient (Wildman–Crippen LogP) is 2.05. The van der Waals surface area contributed by atoms with Crippen LogP contribution in [0, 0.1) is 6.92 Å². The number of hydrogen-bond acceptors (Lipinski definition) is 2. The molecular weight excluding hydrogens is 214 g/mol. The van der Waals surface area contributed by atoms with Crippen molar-refractivity contribution in [2.75, 3.05) is 11.2 Å². The van der Waals surface area contributed by atoms with Gasteiger partial charge < -0.3 is 5.32 Å². The van der Waals surface area contributed by atoms with Gasteiger partial charge in [0, 0.05) is 11.1 Å². The third kappa shape index (κ3) is 1.94. The van der Waals surface area contributed by atoms with Crippen molar-refractivity contribution in [2.24, 2.45) is 0 Å². The second kappa shape index (κ2) is 3.90. The summed E-state index contributed by atoms with van der Waals surface area (Å²) in [5.74, 6) is -0.251. The van der Waals surface area contributed by atoms with Gasteiger partial charge in [-0.15, -0.1) is 11.6 Å². The lowest BCUT2D eigenvalue weighted by molar-refractivity contribution is -0.113. The molecule has 1 amide bonds. The lowest BCUT2D eigenvalue weighted by Gasteiger charge is -2.06. The van der Waals surface area contributed by atoms with E-state index in [1.165, 1.54) is 0 Å². The number of nitrogens with zero attached hydrogens (tertiary/aromatic N) is 1. The number of fused-ring (bicyclic) bond motifs is 1. The van der Waals surface area contributed by atoms with Gasteiger partial charge in [0.05, 0.1) is 11.7 Å². The summed E-state index contributed by atoms with van der Waals surface area (Å²) in [5, 5.41) is 10.5. The van der Waals surface area contributed by atoms with E-state index in [9.17, 15) is 4.79 Å². The van der Waals surface area contributed by atoms with Crippen molar-refractivity contribution in [1.29, 1.82) is 0 Å². The Labute approximate surface area is 91.6 Å². The predicted molar refractivity (Wildman–Crippen MR) is 60.2 cm³/mol. The first-order valence-corrected chi connectivity index (χ1v) is 5.03. The average molecular weight is 224 g/mol. The number of halogens is 1. The fourth-order valence-corrected chi connectivity index (χ4v) is 1.49. The molecule has 1 aromatic heterocycles. The van der Waals surface area contributed by atoms with Crippen molar-refractivity contribution in [3.8, 4) is 0 Å². The Bertz CT molecular complexity index is 506. The number of rotatable bonds is 2. The molecule has 15 heavy (non-hydrogen) atoms. The van der Waals surface area contributed by atoms with Crippen LogP contribution in [0.4, 0.5) is 5.69 Å². The van der Waals surface area contributed by atoms with Gasteiger partial charge in [-0.3, -0.25) is 9.89 Å². The van der Waals surface area contributed by atoms with Crippen molar-refractivity contribution in [3.63, 3.8) is 0 Å². The molecule has 2 rings (SSSR count). The molecule has 0 aliphatic rings. The molecule has 5 heteroatoms. The third-order valence-electron chi connectivity index (χ3n) is 2.18. The summed E-state index contributed by atoms with van der Waals surface area (Å²) >= 11 is 5.42. The molecule has 0 saturated heterocycles. The molecule has 0 aliphatic heterocycles. The standard InChI is InChI=1S/C10H10ClN3O/c1-6-2-7-5-12-14-9(7)3-8(6)13-10(15)4-11/h2-3,5H,4H2,1H3,(H,12,14)(H,13,15). The Kier molecular flexibility index (Phi) is 2.60. The second-order valence-corrected chi connectivity index (χ2v) is 3.57. The summed E-state index contributed by atoms with van der Waals surface area (Å²) in [5.41, 5.74) is 2.64. The van der Waals surface area contributed by atoms with Crippen molar-refractivity contribution in [3.05, 3.63) is 23.9 Å². The first-order chi connectivity index (χ1) is 7.20. The minimum absolute atomic E-state index is 0.0412. The molecule has 2 aromatic rings. The molecule has 1 aromatic carbocycles. The van der Waals surface area contributed by atoms with Crippen LogP contribution in [-0.4, -0.2) is 22.0 Å². The second-order valence-electron chi connectivity index (χ2n) is 3.31. The molecule has 0 unspecified atom stereocenters. The maximum absolute atomic E-state index is 11.1. The number of aryl methyl sites for hydroxylation is 1. The number of nitrogens with one attached hydrogen (secondary N) is 2. The van der Waals surface area contributed by atoms with Crippen LogP contribution in [0.1, 0.15) is 5.56 Å². The van der Waals surface area contributed by atoms with Gasteiger partial charge in [0.25, 0.3) is 0 Å². The number of aromatic amines is 1. The molecule has 78 valence electrons. The highest BCUT2D eigenvalue weighted by molar-refractivity contribution is 6.29. The summed E-state index contributed by atoms with van der Waals surface area (Å²) in [6.45, 7) is 1.93.